The number of benzene rings is 1. The Morgan fingerprint density at radius 2 is 1.92 bits per heavy atom. The fourth-order valence-electron chi connectivity index (χ4n) is 2.50. The molecular weight excluding hydrogens is 427 g/mol. The number of para-hydroxylation sites is 1. The van der Waals surface area contributed by atoms with Crippen molar-refractivity contribution in [2.24, 2.45) is 12.0 Å². The Bertz CT molecular complexity index is 627. The summed E-state index contributed by atoms with van der Waals surface area (Å²) in [7, 11) is 5.94. The van der Waals surface area contributed by atoms with Crippen LogP contribution in [0.3, 0.4) is 0 Å². The average molecular weight is 456 g/mol. The van der Waals surface area contributed by atoms with Gasteiger partial charge < -0.3 is 19.5 Å². The number of rotatable bonds is 8. The predicted octanol–water partition coefficient (Wildman–Crippen LogP) is 3.51. The standard InChI is InChI=1S/C19H28N4O.HI/c1-20-19(23(3)16-17-10-9-14-22(17)2)21-13-7-8-15-24-18-11-5-4-6-12-18;/h4-6,9-12,14H,7-8,13,15-16H2,1-3H3,(H,20,21);1H. The monoisotopic (exact) mass is 456 g/mol. The van der Waals surface area contributed by atoms with Gasteiger partial charge in [0.1, 0.15) is 5.75 Å². The third-order valence-electron chi connectivity index (χ3n) is 3.89. The van der Waals surface area contributed by atoms with Gasteiger partial charge in [-0.3, -0.25) is 4.99 Å². The molecule has 1 heterocycles. The second-order valence-electron chi connectivity index (χ2n) is 5.81. The summed E-state index contributed by atoms with van der Waals surface area (Å²) < 4.78 is 7.83. The van der Waals surface area contributed by atoms with Crippen LogP contribution in [0.5, 0.6) is 5.75 Å². The van der Waals surface area contributed by atoms with Crippen molar-refractivity contribution in [3.8, 4) is 5.75 Å². The molecule has 0 saturated heterocycles. The summed E-state index contributed by atoms with van der Waals surface area (Å²) in [5.74, 6) is 1.85. The zero-order valence-electron chi connectivity index (χ0n) is 15.3. The molecule has 0 aliphatic heterocycles. The third-order valence-corrected chi connectivity index (χ3v) is 3.89. The topological polar surface area (TPSA) is 41.8 Å². The Morgan fingerprint density at radius 3 is 2.56 bits per heavy atom. The number of aryl methyl sites for hydroxylation is 1. The summed E-state index contributed by atoms with van der Waals surface area (Å²) in [6.07, 6.45) is 4.12. The lowest BCUT2D eigenvalue weighted by atomic mass is 10.3. The molecule has 0 aliphatic rings. The first-order chi connectivity index (χ1) is 11.7. The molecule has 0 bridgehead atoms. The van der Waals surface area contributed by atoms with Crippen molar-refractivity contribution in [1.29, 1.82) is 0 Å². The fourth-order valence-corrected chi connectivity index (χ4v) is 2.50. The normalized spacial score (nSPS) is 10.9. The summed E-state index contributed by atoms with van der Waals surface area (Å²) in [4.78, 5) is 6.49. The highest BCUT2D eigenvalue weighted by molar-refractivity contribution is 14.0. The predicted molar refractivity (Wildman–Crippen MR) is 115 cm³/mol. The van der Waals surface area contributed by atoms with Gasteiger partial charge in [0.2, 0.25) is 0 Å². The number of nitrogens with one attached hydrogen (secondary N) is 1. The summed E-state index contributed by atoms with van der Waals surface area (Å²) in [6, 6.07) is 14.1. The maximum Gasteiger partial charge on any atom is 0.193 e. The quantitative estimate of drug-likeness (QED) is 0.286. The number of hydrogen-bond acceptors (Lipinski definition) is 2. The van der Waals surface area contributed by atoms with E-state index in [0.717, 1.165) is 44.2 Å². The van der Waals surface area contributed by atoms with Crippen LogP contribution in [0, 0.1) is 0 Å². The van der Waals surface area contributed by atoms with Crippen molar-refractivity contribution in [1.82, 2.24) is 14.8 Å². The van der Waals surface area contributed by atoms with Gasteiger partial charge in [0, 0.05) is 39.6 Å². The van der Waals surface area contributed by atoms with Crippen molar-refractivity contribution in [2.45, 2.75) is 19.4 Å². The number of nitrogens with zero attached hydrogens (tertiary/aromatic N) is 3. The van der Waals surface area contributed by atoms with E-state index in [1.165, 1.54) is 5.69 Å². The highest BCUT2D eigenvalue weighted by Gasteiger charge is 2.07. The van der Waals surface area contributed by atoms with Crippen molar-refractivity contribution in [3.05, 3.63) is 54.4 Å². The number of unbranched alkanes of at least 4 members (excludes halogenated alkanes) is 1. The zero-order valence-corrected chi connectivity index (χ0v) is 17.6. The SMILES string of the molecule is CN=C(NCCCCOc1ccccc1)N(C)Cc1cccn1C.I. The van der Waals surface area contributed by atoms with Gasteiger partial charge in [-0.2, -0.15) is 0 Å². The highest BCUT2D eigenvalue weighted by Crippen LogP contribution is 2.08. The molecule has 25 heavy (non-hydrogen) atoms. The Hall–Kier alpha value is -1.70. The van der Waals surface area contributed by atoms with Crippen LogP contribution in [0.4, 0.5) is 0 Å². The molecule has 1 aromatic carbocycles. The number of guanidine groups is 1. The lowest BCUT2D eigenvalue weighted by molar-refractivity contribution is 0.306. The van der Waals surface area contributed by atoms with Gasteiger partial charge >= 0.3 is 0 Å². The number of aromatic nitrogens is 1. The maximum atomic E-state index is 5.70. The lowest BCUT2D eigenvalue weighted by Gasteiger charge is -2.22. The molecule has 0 atom stereocenters. The molecule has 0 saturated carbocycles. The van der Waals surface area contributed by atoms with Crippen molar-refractivity contribution < 1.29 is 4.74 Å². The van der Waals surface area contributed by atoms with E-state index >= 15 is 0 Å². The van der Waals surface area contributed by atoms with Gasteiger partial charge in [-0.15, -0.1) is 24.0 Å². The maximum absolute atomic E-state index is 5.70. The molecule has 5 nitrogen and oxygen atoms in total. The lowest BCUT2D eigenvalue weighted by Crippen LogP contribution is -2.39. The molecule has 0 radical (unpaired) electrons. The van der Waals surface area contributed by atoms with E-state index < -0.39 is 0 Å². The minimum atomic E-state index is 0. The Kier molecular flexibility index (Phi) is 10.1. The second-order valence-corrected chi connectivity index (χ2v) is 5.81. The van der Waals surface area contributed by atoms with E-state index in [1.807, 2.05) is 37.4 Å². The van der Waals surface area contributed by atoms with Gasteiger partial charge in [-0.05, 0) is 37.1 Å². The van der Waals surface area contributed by atoms with Crippen molar-refractivity contribution >= 4 is 29.9 Å². The molecule has 0 aliphatic carbocycles. The number of ether oxygens (including phenoxy) is 1. The number of aliphatic imine (C=N–C) groups is 1. The molecule has 0 unspecified atom stereocenters. The van der Waals surface area contributed by atoms with Gasteiger partial charge in [-0.1, -0.05) is 18.2 Å². The fraction of sp³-hybridized carbons (Fsp3) is 0.421. The second kappa shape index (κ2) is 11.8. The molecule has 2 aromatic rings. The van der Waals surface area contributed by atoms with E-state index in [9.17, 15) is 0 Å². The van der Waals surface area contributed by atoms with E-state index in [4.69, 9.17) is 4.74 Å². The molecule has 2 rings (SSSR count). The van der Waals surface area contributed by atoms with E-state index in [1.54, 1.807) is 0 Å². The smallest absolute Gasteiger partial charge is 0.193 e. The summed E-state index contributed by atoms with van der Waals surface area (Å²) in [6.45, 7) is 2.46. The number of halogens is 1. The number of hydrogen-bond donors (Lipinski definition) is 1. The minimum absolute atomic E-state index is 0. The van der Waals surface area contributed by atoms with Crippen LogP contribution in [0.1, 0.15) is 18.5 Å². The van der Waals surface area contributed by atoms with E-state index in [2.05, 4.69) is 52.2 Å². The molecule has 1 aromatic heterocycles. The van der Waals surface area contributed by atoms with E-state index in [-0.39, 0.29) is 24.0 Å². The molecule has 0 amide bonds. The summed E-state index contributed by atoms with van der Waals surface area (Å²) in [5.41, 5.74) is 1.26. The first-order valence-electron chi connectivity index (χ1n) is 8.40. The Morgan fingerprint density at radius 1 is 1.16 bits per heavy atom. The Labute approximate surface area is 168 Å². The van der Waals surface area contributed by atoms with Crippen molar-refractivity contribution in [2.75, 3.05) is 27.2 Å². The van der Waals surface area contributed by atoms with Crippen LogP contribution in [-0.2, 0) is 13.6 Å². The molecule has 0 fully saturated rings. The molecule has 6 heteroatoms. The molecule has 0 spiro atoms. The first kappa shape index (κ1) is 21.3. The molecule has 1 N–H and O–H groups in total. The van der Waals surface area contributed by atoms with Crippen LogP contribution in [0.15, 0.2) is 53.7 Å². The summed E-state index contributed by atoms with van der Waals surface area (Å²) >= 11 is 0. The van der Waals surface area contributed by atoms with Gasteiger partial charge in [0.05, 0.1) is 13.2 Å². The average Bonchev–Trinajstić information content (AvgIpc) is 3.00. The summed E-state index contributed by atoms with van der Waals surface area (Å²) in [5, 5.41) is 3.41. The largest absolute Gasteiger partial charge is 0.494 e. The molecule has 138 valence electrons. The van der Waals surface area contributed by atoms with Gasteiger partial charge in [0.25, 0.3) is 0 Å². The van der Waals surface area contributed by atoms with Crippen LogP contribution in [0.2, 0.25) is 0 Å². The van der Waals surface area contributed by atoms with Crippen LogP contribution < -0.4 is 10.1 Å². The molecular formula is C19H29IN4O. The third kappa shape index (κ3) is 7.37. The van der Waals surface area contributed by atoms with Crippen molar-refractivity contribution in [3.63, 3.8) is 0 Å². The van der Waals surface area contributed by atoms with E-state index in [0.29, 0.717) is 0 Å². The first-order valence-corrected chi connectivity index (χ1v) is 8.40. The minimum Gasteiger partial charge on any atom is -0.494 e. The Balaban J connectivity index is 0.00000312. The zero-order chi connectivity index (χ0) is 17.2. The van der Waals surface area contributed by atoms with Gasteiger partial charge in [-0.25, -0.2) is 0 Å². The van der Waals surface area contributed by atoms with Crippen LogP contribution >= 0.6 is 24.0 Å². The van der Waals surface area contributed by atoms with Crippen LogP contribution in [-0.4, -0.2) is 42.7 Å². The highest BCUT2D eigenvalue weighted by atomic mass is 127. The van der Waals surface area contributed by atoms with Crippen LogP contribution in [0.25, 0.3) is 0 Å². The van der Waals surface area contributed by atoms with Gasteiger partial charge in [0.15, 0.2) is 5.96 Å².